The molecule has 0 amide bonds. The van der Waals surface area contributed by atoms with Gasteiger partial charge in [-0.05, 0) is 18.2 Å². The van der Waals surface area contributed by atoms with Gasteiger partial charge in [-0.15, -0.1) is 0 Å². The van der Waals surface area contributed by atoms with Crippen LogP contribution in [0.4, 0.5) is 5.95 Å². The van der Waals surface area contributed by atoms with E-state index in [0.717, 1.165) is 11.1 Å². The normalized spacial score (nSPS) is 16.2. The highest BCUT2D eigenvalue weighted by atomic mass is 16.5. The summed E-state index contributed by atoms with van der Waals surface area (Å²) in [6.45, 7) is 0. The predicted octanol–water partition coefficient (Wildman–Crippen LogP) is 1.69. The molecule has 1 atom stereocenters. The van der Waals surface area contributed by atoms with E-state index >= 15 is 0 Å². The predicted molar refractivity (Wildman–Crippen MR) is 92.4 cm³/mol. The highest BCUT2D eigenvalue weighted by Crippen LogP contribution is 2.34. The maximum absolute atomic E-state index is 12.3. The largest absolute Gasteiger partial charge is 0.496 e. The average molecular weight is 321 g/mol. The highest BCUT2D eigenvalue weighted by Gasteiger charge is 2.26. The smallest absolute Gasteiger partial charge is 0.282 e. The lowest BCUT2D eigenvalue weighted by molar-refractivity contribution is 0.402. The number of hydrogen-bond acceptors (Lipinski definition) is 6. The molecule has 2 aromatic carbocycles. The molecule has 120 valence electrons. The number of fused-ring (bicyclic) bond motifs is 3. The standard InChI is InChI=1S/C17H15N5O2/c1-24-13-9-5-3-7-11(13)14-19-16(18)21-17-20-15(23)10-6-2-4-8-12(10)22(14)17/h2-9,14H,1H3,(H3,18,19,20,21,23). The Morgan fingerprint density at radius 3 is 2.75 bits per heavy atom. The quantitative estimate of drug-likeness (QED) is 0.749. The molecular formula is C17H15N5O2. The average Bonchev–Trinajstić information content (AvgIpc) is 2.61. The van der Waals surface area contributed by atoms with Crippen molar-refractivity contribution in [2.45, 2.75) is 6.17 Å². The number of hydrogen-bond donors (Lipinski definition) is 2. The minimum absolute atomic E-state index is 0.202. The lowest BCUT2D eigenvalue weighted by atomic mass is 10.1. The second-order valence-corrected chi connectivity index (χ2v) is 5.38. The molecule has 0 bridgehead atoms. The summed E-state index contributed by atoms with van der Waals surface area (Å²) in [6.07, 6.45) is -0.476. The number of benzene rings is 2. The van der Waals surface area contributed by atoms with E-state index in [0.29, 0.717) is 17.1 Å². The van der Waals surface area contributed by atoms with Gasteiger partial charge in [0.1, 0.15) is 5.75 Å². The zero-order valence-electron chi connectivity index (χ0n) is 12.9. The molecule has 7 nitrogen and oxygen atoms in total. The van der Waals surface area contributed by atoms with E-state index in [1.54, 1.807) is 13.2 Å². The Balaban J connectivity index is 2.06. The summed E-state index contributed by atoms with van der Waals surface area (Å²) in [5.41, 5.74) is 7.16. The molecule has 1 unspecified atom stereocenters. The number of nitrogens with zero attached hydrogens (tertiary/aromatic N) is 3. The van der Waals surface area contributed by atoms with Crippen molar-refractivity contribution in [1.82, 2.24) is 9.55 Å². The maximum Gasteiger partial charge on any atom is 0.282 e. The van der Waals surface area contributed by atoms with Crippen LogP contribution < -0.4 is 21.3 Å². The zero-order chi connectivity index (χ0) is 16.7. The molecule has 4 rings (SSSR count). The number of aliphatic imine (C=N–C) groups is 1. The van der Waals surface area contributed by atoms with Crippen LogP contribution in [-0.2, 0) is 0 Å². The minimum atomic E-state index is -0.476. The van der Waals surface area contributed by atoms with Gasteiger partial charge in [0, 0.05) is 5.56 Å². The van der Waals surface area contributed by atoms with Crippen molar-refractivity contribution >= 4 is 22.8 Å². The fraction of sp³-hybridized carbons (Fsp3) is 0.118. The molecule has 0 spiro atoms. The number of anilines is 1. The Hall–Kier alpha value is -3.35. The summed E-state index contributed by atoms with van der Waals surface area (Å²) in [5.74, 6) is 1.25. The van der Waals surface area contributed by atoms with Crippen LogP contribution in [0.25, 0.3) is 10.9 Å². The molecule has 3 aromatic rings. The molecule has 3 N–H and O–H groups in total. The van der Waals surface area contributed by atoms with Crippen LogP contribution >= 0.6 is 0 Å². The molecule has 2 heterocycles. The third kappa shape index (κ3) is 2.10. The van der Waals surface area contributed by atoms with E-state index in [1.165, 1.54) is 0 Å². The number of nitrogens with one attached hydrogen (secondary N) is 1. The summed E-state index contributed by atoms with van der Waals surface area (Å²) < 4.78 is 7.31. The summed E-state index contributed by atoms with van der Waals surface area (Å²) >= 11 is 0. The van der Waals surface area contributed by atoms with Crippen LogP contribution in [0.3, 0.4) is 0 Å². The number of rotatable bonds is 2. The van der Waals surface area contributed by atoms with Gasteiger partial charge in [0.25, 0.3) is 5.56 Å². The summed E-state index contributed by atoms with van der Waals surface area (Å²) in [7, 11) is 1.61. The monoisotopic (exact) mass is 321 g/mol. The van der Waals surface area contributed by atoms with Gasteiger partial charge in [-0.1, -0.05) is 30.3 Å². The van der Waals surface area contributed by atoms with Crippen LogP contribution in [0, 0.1) is 0 Å². The topological polar surface area (TPSA) is 94.5 Å². The van der Waals surface area contributed by atoms with Crippen molar-refractivity contribution < 1.29 is 4.74 Å². The molecule has 1 aromatic heterocycles. The van der Waals surface area contributed by atoms with Crippen LogP contribution in [0.2, 0.25) is 0 Å². The van der Waals surface area contributed by atoms with E-state index in [1.807, 2.05) is 47.0 Å². The Kier molecular flexibility index (Phi) is 3.19. The minimum Gasteiger partial charge on any atom is -0.496 e. The van der Waals surface area contributed by atoms with Crippen molar-refractivity contribution in [2.24, 2.45) is 10.7 Å². The molecule has 0 fully saturated rings. The Morgan fingerprint density at radius 1 is 1.17 bits per heavy atom. The lowest BCUT2D eigenvalue weighted by Gasteiger charge is -2.28. The first-order chi connectivity index (χ1) is 11.7. The first kappa shape index (κ1) is 14.3. The molecule has 0 saturated heterocycles. The van der Waals surface area contributed by atoms with E-state index in [-0.39, 0.29) is 11.5 Å². The Bertz CT molecular complexity index is 1020. The van der Waals surface area contributed by atoms with E-state index in [2.05, 4.69) is 15.3 Å². The van der Waals surface area contributed by atoms with Crippen molar-refractivity contribution in [1.29, 1.82) is 0 Å². The van der Waals surface area contributed by atoms with Gasteiger partial charge in [0.15, 0.2) is 12.1 Å². The molecule has 7 heteroatoms. The second-order valence-electron chi connectivity index (χ2n) is 5.38. The molecule has 0 aliphatic carbocycles. The Morgan fingerprint density at radius 2 is 1.92 bits per heavy atom. The van der Waals surface area contributed by atoms with Crippen LogP contribution in [0.5, 0.6) is 5.75 Å². The summed E-state index contributed by atoms with van der Waals surface area (Å²) in [5, 5.41) is 3.40. The first-order valence-corrected chi connectivity index (χ1v) is 7.43. The Labute approximate surface area is 137 Å². The van der Waals surface area contributed by atoms with Crippen LogP contribution in [0.1, 0.15) is 11.7 Å². The van der Waals surface area contributed by atoms with Gasteiger partial charge in [-0.2, -0.15) is 4.98 Å². The number of ether oxygens (including phenoxy) is 1. The van der Waals surface area contributed by atoms with Gasteiger partial charge in [0.2, 0.25) is 5.95 Å². The van der Waals surface area contributed by atoms with E-state index in [9.17, 15) is 4.79 Å². The molecule has 1 aliphatic rings. The molecule has 1 aliphatic heterocycles. The molecule has 0 saturated carbocycles. The van der Waals surface area contributed by atoms with Gasteiger partial charge in [-0.25, -0.2) is 4.99 Å². The summed E-state index contributed by atoms with van der Waals surface area (Å²) in [4.78, 5) is 20.9. The third-order valence-corrected chi connectivity index (χ3v) is 3.99. The summed E-state index contributed by atoms with van der Waals surface area (Å²) in [6, 6.07) is 14.9. The van der Waals surface area contributed by atoms with Crippen molar-refractivity contribution in [3.8, 4) is 5.75 Å². The second kappa shape index (κ2) is 5.38. The van der Waals surface area contributed by atoms with Crippen molar-refractivity contribution in [2.75, 3.05) is 12.4 Å². The highest BCUT2D eigenvalue weighted by molar-refractivity contribution is 5.93. The molecule has 24 heavy (non-hydrogen) atoms. The molecule has 0 radical (unpaired) electrons. The number of aromatic nitrogens is 2. The third-order valence-electron chi connectivity index (χ3n) is 3.99. The van der Waals surface area contributed by atoms with Gasteiger partial charge in [0.05, 0.1) is 18.0 Å². The maximum atomic E-state index is 12.3. The number of guanidine groups is 1. The number of methoxy groups -OCH3 is 1. The SMILES string of the molecule is COc1ccccc1C1N=C(N)Nc2nc(=O)c3ccccc3n21. The fourth-order valence-electron chi connectivity index (χ4n) is 2.95. The lowest BCUT2D eigenvalue weighted by Crippen LogP contribution is -2.35. The zero-order valence-corrected chi connectivity index (χ0v) is 12.9. The van der Waals surface area contributed by atoms with Crippen LogP contribution in [-0.4, -0.2) is 22.6 Å². The number of nitrogens with two attached hydrogens (primary N) is 1. The molecular weight excluding hydrogens is 306 g/mol. The van der Waals surface area contributed by atoms with Crippen molar-refractivity contribution in [3.63, 3.8) is 0 Å². The number of para-hydroxylation sites is 2. The fourth-order valence-corrected chi connectivity index (χ4v) is 2.95. The van der Waals surface area contributed by atoms with Gasteiger partial charge >= 0.3 is 0 Å². The van der Waals surface area contributed by atoms with E-state index in [4.69, 9.17) is 10.5 Å². The first-order valence-electron chi connectivity index (χ1n) is 7.43. The van der Waals surface area contributed by atoms with Gasteiger partial charge < -0.3 is 10.5 Å². The van der Waals surface area contributed by atoms with Crippen molar-refractivity contribution in [3.05, 3.63) is 64.4 Å². The van der Waals surface area contributed by atoms with Crippen LogP contribution in [0.15, 0.2) is 58.3 Å². The van der Waals surface area contributed by atoms with E-state index < -0.39 is 6.17 Å². The van der Waals surface area contributed by atoms with Gasteiger partial charge in [-0.3, -0.25) is 14.7 Å².